The minimum absolute atomic E-state index is 0.124. The molecule has 0 aromatic heterocycles. The largest absolute Gasteiger partial charge is 0.392 e. The molecule has 0 saturated heterocycles. The summed E-state index contributed by atoms with van der Waals surface area (Å²) in [7, 11) is 0. The Hall–Kier alpha value is -1.16. The molecule has 0 rings (SSSR count). The summed E-state index contributed by atoms with van der Waals surface area (Å²) >= 11 is 0. The van der Waals surface area contributed by atoms with Crippen LogP contribution < -0.4 is 0 Å². The normalized spacial score (nSPS) is 15.0. The van der Waals surface area contributed by atoms with Crippen LogP contribution in [0.1, 0.15) is 59.3 Å². The summed E-state index contributed by atoms with van der Waals surface area (Å²) in [6.07, 6.45) is 11.3. The van der Waals surface area contributed by atoms with E-state index >= 15 is 0 Å². The van der Waals surface area contributed by atoms with Crippen molar-refractivity contribution in [3.05, 3.63) is 47.1 Å². The summed E-state index contributed by atoms with van der Waals surface area (Å²) in [5.74, 6) is 0. The first-order valence-electron chi connectivity index (χ1n) is 8.45. The predicted molar refractivity (Wildman–Crippen MR) is 98.3 cm³/mol. The molecule has 0 saturated carbocycles. The van der Waals surface area contributed by atoms with Gasteiger partial charge in [-0.1, -0.05) is 41.5 Å². The molecule has 0 spiro atoms. The lowest BCUT2D eigenvalue weighted by molar-refractivity contribution is 0.179. The molecule has 0 bridgehead atoms. The number of hydrogen-bond donors (Lipinski definition) is 3. The highest BCUT2D eigenvalue weighted by Gasteiger charge is 2.07. The highest BCUT2D eigenvalue weighted by molar-refractivity contribution is 5.07. The van der Waals surface area contributed by atoms with Crippen LogP contribution in [0, 0.1) is 0 Å². The van der Waals surface area contributed by atoms with Crippen molar-refractivity contribution in [2.45, 2.75) is 65.4 Å². The average molecular weight is 322 g/mol. The van der Waals surface area contributed by atoms with Crippen LogP contribution in [0.25, 0.3) is 0 Å². The summed E-state index contributed by atoms with van der Waals surface area (Å²) in [5, 5.41) is 27.5. The average Bonchev–Trinajstić information content (AvgIpc) is 2.52. The first kappa shape index (κ1) is 21.8. The third-order valence-corrected chi connectivity index (χ3v) is 3.99. The van der Waals surface area contributed by atoms with Gasteiger partial charge in [0.25, 0.3) is 0 Å². The Bertz CT molecular complexity index is 430. The standard InChI is InChI=1S/C20H34O3/c1-16(8-6-10-18(3)13-14-21)7-5-9-17(2)11-12-20(23)19(4)15-22/h8-9,13,20-23H,4-7,10-12,14-15H2,1-3H3. The number of aliphatic hydroxyl groups is 3. The topological polar surface area (TPSA) is 60.7 Å². The van der Waals surface area contributed by atoms with Gasteiger partial charge in [-0.15, -0.1) is 0 Å². The van der Waals surface area contributed by atoms with Crippen LogP contribution >= 0.6 is 0 Å². The summed E-state index contributed by atoms with van der Waals surface area (Å²) < 4.78 is 0. The predicted octanol–water partition coefficient (Wildman–Crippen LogP) is 4.07. The summed E-state index contributed by atoms with van der Waals surface area (Å²) in [6, 6.07) is 0. The maximum atomic E-state index is 9.74. The third kappa shape index (κ3) is 12.0. The molecule has 3 N–H and O–H groups in total. The van der Waals surface area contributed by atoms with Gasteiger partial charge in [-0.2, -0.15) is 0 Å². The molecule has 0 aliphatic heterocycles. The minimum atomic E-state index is -0.611. The monoisotopic (exact) mass is 322 g/mol. The lowest BCUT2D eigenvalue weighted by Crippen LogP contribution is -2.12. The maximum absolute atomic E-state index is 9.74. The highest BCUT2D eigenvalue weighted by Crippen LogP contribution is 2.15. The van der Waals surface area contributed by atoms with E-state index in [1.54, 1.807) is 0 Å². The molecule has 132 valence electrons. The van der Waals surface area contributed by atoms with E-state index in [0.29, 0.717) is 12.0 Å². The van der Waals surface area contributed by atoms with E-state index in [2.05, 4.69) is 32.6 Å². The van der Waals surface area contributed by atoms with Crippen LogP contribution in [-0.2, 0) is 0 Å². The lowest BCUT2D eigenvalue weighted by Gasteiger charge is -2.11. The summed E-state index contributed by atoms with van der Waals surface area (Å²) in [4.78, 5) is 0. The van der Waals surface area contributed by atoms with Gasteiger partial charge in [0.15, 0.2) is 0 Å². The Morgan fingerprint density at radius 3 is 1.83 bits per heavy atom. The molecular weight excluding hydrogens is 288 g/mol. The van der Waals surface area contributed by atoms with Crippen molar-refractivity contribution in [2.75, 3.05) is 13.2 Å². The Labute approximate surface area is 141 Å². The van der Waals surface area contributed by atoms with Crippen LogP contribution in [0.4, 0.5) is 0 Å². The van der Waals surface area contributed by atoms with Crippen LogP contribution in [0.15, 0.2) is 47.1 Å². The van der Waals surface area contributed by atoms with E-state index in [9.17, 15) is 5.11 Å². The molecule has 1 unspecified atom stereocenters. The second-order valence-electron chi connectivity index (χ2n) is 6.28. The Balaban J connectivity index is 4.01. The molecule has 0 aromatic rings. The molecule has 0 aromatic carbocycles. The first-order chi connectivity index (χ1) is 10.9. The maximum Gasteiger partial charge on any atom is 0.0772 e. The van der Waals surface area contributed by atoms with E-state index in [1.165, 1.54) is 16.7 Å². The van der Waals surface area contributed by atoms with Crippen LogP contribution in [0.2, 0.25) is 0 Å². The van der Waals surface area contributed by atoms with Gasteiger partial charge in [-0.05, 0) is 64.9 Å². The van der Waals surface area contributed by atoms with E-state index in [-0.39, 0.29) is 13.2 Å². The molecule has 0 aliphatic carbocycles. The molecule has 1 atom stereocenters. The minimum Gasteiger partial charge on any atom is -0.392 e. The number of allylic oxidation sites excluding steroid dienone is 5. The van der Waals surface area contributed by atoms with Crippen molar-refractivity contribution in [1.82, 2.24) is 0 Å². The number of aliphatic hydroxyl groups excluding tert-OH is 3. The van der Waals surface area contributed by atoms with Crippen LogP contribution in [0.3, 0.4) is 0 Å². The van der Waals surface area contributed by atoms with Gasteiger partial charge in [0.1, 0.15) is 0 Å². The van der Waals surface area contributed by atoms with Crippen LogP contribution in [0.5, 0.6) is 0 Å². The lowest BCUT2D eigenvalue weighted by atomic mass is 10.0. The van der Waals surface area contributed by atoms with Crippen molar-refractivity contribution in [3.63, 3.8) is 0 Å². The van der Waals surface area contributed by atoms with Crippen molar-refractivity contribution in [3.8, 4) is 0 Å². The molecule has 0 radical (unpaired) electrons. The van der Waals surface area contributed by atoms with E-state index in [0.717, 1.165) is 32.1 Å². The van der Waals surface area contributed by atoms with E-state index < -0.39 is 6.10 Å². The van der Waals surface area contributed by atoms with Crippen molar-refractivity contribution in [1.29, 1.82) is 0 Å². The molecule has 3 nitrogen and oxygen atoms in total. The Morgan fingerprint density at radius 1 is 0.870 bits per heavy atom. The quantitative estimate of drug-likeness (QED) is 0.475. The molecule has 3 heteroatoms. The molecule has 0 fully saturated rings. The molecule has 23 heavy (non-hydrogen) atoms. The van der Waals surface area contributed by atoms with Crippen molar-refractivity contribution >= 4 is 0 Å². The van der Waals surface area contributed by atoms with Gasteiger partial charge in [0.2, 0.25) is 0 Å². The van der Waals surface area contributed by atoms with Crippen LogP contribution in [-0.4, -0.2) is 34.6 Å². The molecular formula is C20H34O3. The van der Waals surface area contributed by atoms with Gasteiger partial charge >= 0.3 is 0 Å². The Morgan fingerprint density at radius 2 is 1.35 bits per heavy atom. The molecule has 0 amide bonds. The SMILES string of the molecule is C=C(CO)C(O)CCC(C)=CCCC(C)=CCCC(C)=CCO. The fourth-order valence-corrected chi connectivity index (χ4v) is 2.23. The van der Waals surface area contributed by atoms with Gasteiger partial charge in [0, 0.05) is 0 Å². The number of hydrogen-bond acceptors (Lipinski definition) is 3. The highest BCUT2D eigenvalue weighted by atomic mass is 16.3. The van der Waals surface area contributed by atoms with Gasteiger partial charge in [-0.25, -0.2) is 0 Å². The van der Waals surface area contributed by atoms with Crippen molar-refractivity contribution in [2.24, 2.45) is 0 Å². The van der Waals surface area contributed by atoms with Gasteiger partial charge < -0.3 is 15.3 Å². The van der Waals surface area contributed by atoms with Gasteiger partial charge in [0.05, 0.1) is 19.3 Å². The number of rotatable bonds is 12. The second kappa shape index (κ2) is 13.3. The van der Waals surface area contributed by atoms with E-state index in [4.69, 9.17) is 10.2 Å². The summed E-state index contributed by atoms with van der Waals surface area (Å²) in [5.41, 5.74) is 4.38. The third-order valence-electron chi connectivity index (χ3n) is 3.99. The second-order valence-corrected chi connectivity index (χ2v) is 6.28. The van der Waals surface area contributed by atoms with E-state index in [1.807, 2.05) is 13.0 Å². The zero-order valence-corrected chi connectivity index (χ0v) is 15.0. The molecule has 0 aliphatic rings. The fourth-order valence-electron chi connectivity index (χ4n) is 2.23. The zero-order chi connectivity index (χ0) is 17.7. The summed E-state index contributed by atoms with van der Waals surface area (Å²) in [6.45, 7) is 9.90. The fraction of sp³-hybridized carbons (Fsp3) is 0.600. The smallest absolute Gasteiger partial charge is 0.0772 e. The Kier molecular flexibility index (Phi) is 12.6. The van der Waals surface area contributed by atoms with Crippen molar-refractivity contribution < 1.29 is 15.3 Å². The molecule has 0 heterocycles. The van der Waals surface area contributed by atoms with Gasteiger partial charge in [-0.3, -0.25) is 0 Å². The first-order valence-corrected chi connectivity index (χ1v) is 8.45. The zero-order valence-electron chi connectivity index (χ0n) is 15.0.